The lowest BCUT2D eigenvalue weighted by Crippen LogP contribution is -2.74. The SMILES string of the molecule is O=C(NCc1cccc(C(F)(F)F)c1)[C@H](CC(=O)N1CCCN(Cc2ccccc2)CC1)N1C(=O)[C@@H](N2C(=O)OC[C@@H]2c2ccccc2)[C@H]1/C=C/c1ccccc1. The van der Waals surface area contributed by atoms with E-state index in [0.717, 1.165) is 41.9 Å². The van der Waals surface area contributed by atoms with Crippen LogP contribution in [0.3, 0.4) is 0 Å². The molecule has 4 amide bonds. The predicted octanol–water partition coefficient (Wildman–Crippen LogP) is 6.30. The van der Waals surface area contributed by atoms with Crippen LogP contribution in [0.15, 0.2) is 121 Å². The molecule has 10 nitrogen and oxygen atoms in total. The maximum Gasteiger partial charge on any atom is 0.416 e. The third-order valence-corrected chi connectivity index (χ3v) is 10.8. The number of alkyl halides is 3. The van der Waals surface area contributed by atoms with Crippen molar-refractivity contribution in [2.75, 3.05) is 32.8 Å². The van der Waals surface area contributed by atoms with E-state index in [2.05, 4.69) is 22.3 Å². The standard InChI is InChI=1S/C44H44F3N5O5/c45-44(46,47)35-19-10-16-33(26-35)28-48-41(54)37(27-39(53)50-23-11-22-49(24-25-50)29-32-14-6-2-7-15-32)51-36(21-20-31-12-4-1-5-13-31)40(42(51)55)52-38(30-57-43(52)56)34-17-8-3-9-18-34/h1-10,12-21,26,36-38,40H,11,22-25,27-30H2,(H,48,54)/b21-20+/t36-,37+,38-,40+/m1/s1. The molecule has 3 saturated heterocycles. The lowest BCUT2D eigenvalue weighted by Gasteiger charge is -2.52. The van der Waals surface area contributed by atoms with Crippen LogP contribution in [0.1, 0.15) is 46.7 Å². The number of likely N-dealkylation sites (tertiary alicyclic amines) is 1. The minimum atomic E-state index is -4.58. The van der Waals surface area contributed by atoms with E-state index in [-0.39, 0.29) is 31.0 Å². The molecule has 296 valence electrons. The van der Waals surface area contributed by atoms with Gasteiger partial charge in [0, 0.05) is 39.3 Å². The van der Waals surface area contributed by atoms with Gasteiger partial charge in [-0.25, -0.2) is 4.79 Å². The van der Waals surface area contributed by atoms with Crippen LogP contribution < -0.4 is 5.32 Å². The summed E-state index contributed by atoms with van der Waals surface area (Å²) < 4.78 is 46.1. The third-order valence-electron chi connectivity index (χ3n) is 10.8. The van der Waals surface area contributed by atoms with Gasteiger partial charge in [-0.15, -0.1) is 0 Å². The molecule has 0 aromatic heterocycles. The van der Waals surface area contributed by atoms with Crippen LogP contribution in [-0.2, 0) is 38.4 Å². The van der Waals surface area contributed by atoms with Crippen molar-refractivity contribution in [1.82, 2.24) is 24.9 Å². The number of carbonyl (C=O) groups is 4. The zero-order valence-corrected chi connectivity index (χ0v) is 31.3. The Labute approximate surface area is 329 Å². The van der Waals surface area contributed by atoms with E-state index in [1.54, 1.807) is 17.1 Å². The predicted molar refractivity (Wildman–Crippen MR) is 207 cm³/mol. The Balaban J connectivity index is 1.17. The first-order chi connectivity index (χ1) is 27.6. The molecule has 0 aliphatic carbocycles. The van der Waals surface area contributed by atoms with E-state index in [1.807, 2.05) is 78.9 Å². The minimum absolute atomic E-state index is 0.0252. The second-order valence-corrected chi connectivity index (χ2v) is 14.5. The summed E-state index contributed by atoms with van der Waals surface area (Å²) in [7, 11) is 0. The van der Waals surface area contributed by atoms with Crippen LogP contribution >= 0.6 is 0 Å². The number of nitrogens with one attached hydrogen (secondary N) is 1. The molecule has 4 aromatic rings. The van der Waals surface area contributed by atoms with E-state index in [4.69, 9.17) is 4.74 Å². The number of amides is 4. The topological polar surface area (TPSA) is 103 Å². The molecule has 0 bridgehead atoms. The number of benzene rings is 4. The first-order valence-corrected chi connectivity index (χ1v) is 19.1. The summed E-state index contributed by atoms with van der Waals surface area (Å²) in [4.78, 5) is 63.1. The molecule has 0 spiro atoms. The molecule has 7 rings (SSSR count). The van der Waals surface area contributed by atoms with Crippen LogP contribution in [-0.4, -0.2) is 94.3 Å². The molecule has 0 saturated carbocycles. The number of ether oxygens (including phenoxy) is 1. The first kappa shape index (κ1) is 39.3. The Kier molecular flexibility index (Phi) is 12.0. The summed E-state index contributed by atoms with van der Waals surface area (Å²) >= 11 is 0. The van der Waals surface area contributed by atoms with Gasteiger partial charge in [-0.1, -0.05) is 115 Å². The number of cyclic esters (lactones) is 1. The molecule has 3 fully saturated rings. The zero-order chi connectivity index (χ0) is 39.9. The van der Waals surface area contributed by atoms with E-state index < -0.39 is 53.8 Å². The number of nitrogens with zero attached hydrogens (tertiary/aromatic N) is 4. The van der Waals surface area contributed by atoms with Crippen molar-refractivity contribution >= 4 is 29.9 Å². The average Bonchev–Trinajstić information content (AvgIpc) is 3.42. The maximum atomic E-state index is 14.5. The largest absolute Gasteiger partial charge is 0.447 e. The minimum Gasteiger partial charge on any atom is -0.447 e. The molecule has 3 aliphatic heterocycles. The van der Waals surface area contributed by atoms with Crippen LogP contribution in [0, 0.1) is 0 Å². The Morgan fingerprint density at radius 2 is 1.51 bits per heavy atom. The second kappa shape index (κ2) is 17.5. The number of hydrogen-bond acceptors (Lipinski definition) is 6. The molecule has 3 heterocycles. The monoisotopic (exact) mass is 779 g/mol. The summed E-state index contributed by atoms with van der Waals surface area (Å²) in [5.41, 5.74) is 2.08. The van der Waals surface area contributed by atoms with Crippen molar-refractivity contribution in [2.45, 2.75) is 56.3 Å². The highest BCUT2D eigenvalue weighted by Crippen LogP contribution is 2.39. The molecule has 4 aromatic carbocycles. The van der Waals surface area contributed by atoms with Crippen molar-refractivity contribution in [3.05, 3.63) is 149 Å². The summed E-state index contributed by atoms with van der Waals surface area (Å²) in [6.45, 7) is 2.73. The fraction of sp³-hybridized carbons (Fsp3) is 0.318. The molecular formula is C44H44F3N5O5. The lowest BCUT2D eigenvalue weighted by molar-refractivity contribution is -0.164. The third kappa shape index (κ3) is 9.20. The highest BCUT2D eigenvalue weighted by molar-refractivity contribution is 5.99. The van der Waals surface area contributed by atoms with E-state index in [0.29, 0.717) is 26.1 Å². The normalized spacial score (nSPS) is 20.9. The number of halogens is 3. The first-order valence-electron chi connectivity index (χ1n) is 19.1. The molecule has 4 atom stereocenters. The van der Waals surface area contributed by atoms with Gasteiger partial charge in [-0.05, 0) is 40.8 Å². The number of hydrogen-bond donors (Lipinski definition) is 1. The number of rotatable bonds is 12. The van der Waals surface area contributed by atoms with Gasteiger partial charge < -0.3 is 19.9 Å². The summed E-state index contributed by atoms with van der Waals surface area (Å²) in [5, 5.41) is 2.72. The molecule has 57 heavy (non-hydrogen) atoms. The second-order valence-electron chi connectivity index (χ2n) is 14.5. The maximum absolute atomic E-state index is 14.5. The van der Waals surface area contributed by atoms with E-state index in [1.165, 1.54) is 21.9 Å². The Hall–Kier alpha value is -5.95. The van der Waals surface area contributed by atoms with Crippen LogP contribution in [0.2, 0.25) is 0 Å². The fourth-order valence-corrected chi connectivity index (χ4v) is 7.80. The van der Waals surface area contributed by atoms with Crippen molar-refractivity contribution < 1.29 is 37.1 Å². The van der Waals surface area contributed by atoms with Gasteiger partial charge in [0.1, 0.15) is 18.7 Å². The van der Waals surface area contributed by atoms with E-state index >= 15 is 0 Å². The number of β-lactam (4-membered cyclic amide) rings is 1. The van der Waals surface area contributed by atoms with Crippen LogP contribution in [0.25, 0.3) is 6.08 Å². The highest BCUT2D eigenvalue weighted by Gasteiger charge is 2.58. The van der Waals surface area contributed by atoms with Gasteiger partial charge in [0.05, 0.1) is 24.1 Å². The van der Waals surface area contributed by atoms with Crippen LogP contribution in [0.5, 0.6) is 0 Å². The quantitative estimate of drug-likeness (QED) is 0.170. The lowest BCUT2D eigenvalue weighted by atomic mass is 9.87. The summed E-state index contributed by atoms with van der Waals surface area (Å²) in [6, 6.07) is 29.4. The Morgan fingerprint density at radius 1 is 0.825 bits per heavy atom. The smallest absolute Gasteiger partial charge is 0.416 e. The molecular weight excluding hydrogens is 736 g/mol. The number of carbonyl (C=O) groups excluding carboxylic acids is 4. The molecule has 0 unspecified atom stereocenters. The Morgan fingerprint density at radius 3 is 2.23 bits per heavy atom. The molecule has 1 N–H and O–H groups in total. The average molecular weight is 780 g/mol. The van der Waals surface area contributed by atoms with Crippen molar-refractivity contribution in [2.24, 2.45) is 0 Å². The van der Waals surface area contributed by atoms with Gasteiger partial charge in [0.25, 0.3) is 0 Å². The summed E-state index contributed by atoms with van der Waals surface area (Å²) in [6.07, 6.45) is -1.37. The fourth-order valence-electron chi connectivity index (χ4n) is 7.80. The highest BCUT2D eigenvalue weighted by atomic mass is 19.4. The van der Waals surface area contributed by atoms with Crippen molar-refractivity contribution in [3.63, 3.8) is 0 Å². The Bertz CT molecular complexity index is 2070. The van der Waals surface area contributed by atoms with Gasteiger partial charge in [0.15, 0.2) is 0 Å². The summed E-state index contributed by atoms with van der Waals surface area (Å²) in [5.74, 6) is -1.58. The van der Waals surface area contributed by atoms with Crippen LogP contribution in [0.4, 0.5) is 18.0 Å². The van der Waals surface area contributed by atoms with Gasteiger partial charge >= 0.3 is 12.3 Å². The molecule has 0 radical (unpaired) electrons. The molecule has 13 heteroatoms. The van der Waals surface area contributed by atoms with Gasteiger partial charge in [-0.3, -0.25) is 24.2 Å². The van der Waals surface area contributed by atoms with E-state index in [9.17, 15) is 32.3 Å². The molecule has 3 aliphatic rings. The zero-order valence-electron chi connectivity index (χ0n) is 31.3. The van der Waals surface area contributed by atoms with Crippen molar-refractivity contribution in [3.8, 4) is 0 Å². The van der Waals surface area contributed by atoms with Gasteiger partial charge in [-0.2, -0.15) is 13.2 Å². The van der Waals surface area contributed by atoms with Crippen molar-refractivity contribution in [1.29, 1.82) is 0 Å². The van der Waals surface area contributed by atoms with Gasteiger partial charge in [0.2, 0.25) is 17.7 Å².